The van der Waals surface area contributed by atoms with Gasteiger partial charge in [-0.15, -0.1) is 0 Å². The Hall–Kier alpha value is -1.88. The average molecular weight is 494 g/mol. The van der Waals surface area contributed by atoms with Gasteiger partial charge in [-0.25, -0.2) is 4.79 Å². The SMILES string of the molecule is C[C@]12CC[C@H](OC(=O)CN3CCCCC3)C[C@H]1CC[C@H]1C3=CC[C@H](c4ccc(=O)oc4)[C@@]3(C)CC[C@@H]12. The van der Waals surface area contributed by atoms with Gasteiger partial charge in [-0.2, -0.15) is 0 Å². The van der Waals surface area contributed by atoms with Gasteiger partial charge in [-0.1, -0.05) is 31.9 Å². The number of nitrogens with zero attached hydrogens (tertiary/aromatic N) is 1. The Morgan fingerprint density at radius 3 is 2.69 bits per heavy atom. The Balaban J connectivity index is 1.11. The molecule has 1 aromatic rings. The molecule has 0 N–H and O–H groups in total. The lowest BCUT2D eigenvalue weighted by Crippen LogP contribution is -2.52. The van der Waals surface area contributed by atoms with Gasteiger partial charge in [0.05, 0.1) is 12.8 Å². The third kappa shape index (κ3) is 4.19. The van der Waals surface area contributed by atoms with Crippen molar-refractivity contribution in [2.45, 2.75) is 96.5 Å². The van der Waals surface area contributed by atoms with E-state index in [9.17, 15) is 9.59 Å². The fourth-order valence-electron chi connectivity index (χ4n) is 9.25. The van der Waals surface area contributed by atoms with Crippen LogP contribution in [0.15, 0.2) is 39.3 Å². The topological polar surface area (TPSA) is 59.8 Å². The summed E-state index contributed by atoms with van der Waals surface area (Å²) in [5.41, 5.74) is 3.11. The quantitative estimate of drug-likeness (QED) is 0.376. The van der Waals surface area contributed by atoms with Crippen LogP contribution in [0.4, 0.5) is 0 Å². The Morgan fingerprint density at radius 2 is 1.92 bits per heavy atom. The summed E-state index contributed by atoms with van der Waals surface area (Å²) >= 11 is 0. The van der Waals surface area contributed by atoms with E-state index >= 15 is 0 Å². The van der Waals surface area contributed by atoms with Crippen LogP contribution in [0.3, 0.4) is 0 Å². The van der Waals surface area contributed by atoms with E-state index in [0.29, 0.717) is 29.7 Å². The normalized spacial score (nSPS) is 40.5. The molecule has 3 saturated carbocycles. The predicted octanol–water partition coefficient (Wildman–Crippen LogP) is 6.08. The molecule has 4 aliphatic carbocycles. The molecule has 36 heavy (non-hydrogen) atoms. The van der Waals surface area contributed by atoms with E-state index in [2.05, 4.69) is 24.8 Å². The smallest absolute Gasteiger partial charge is 0.335 e. The molecule has 5 aliphatic rings. The second-order valence-corrected chi connectivity index (χ2v) is 13.0. The van der Waals surface area contributed by atoms with Gasteiger partial charge >= 0.3 is 11.6 Å². The molecule has 0 aromatic carbocycles. The van der Waals surface area contributed by atoms with Crippen LogP contribution in [0.1, 0.15) is 96.0 Å². The van der Waals surface area contributed by atoms with Crippen molar-refractivity contribution in [3.05, 3.63) is 46.0 Å². The summed E-state index contributed by atoms with van der Waals surface area (Å²) in [4.78, 5) is 26.5. The monoisotopic (exact) mass is 493 g/mol. The summed E-state index contributed by atoms with van der Waals surface area (Å²) in [6.45, 7) is 7.57. The van der Waals surface area contributed by atoms with Crippen molar-refractivity contribution in [3.63, 3.8) is 0 Å². The standard InChI is InChI=1S/C31H43NO4/c1-30-14-12-23(36-29(34)19-32-16-4-3-5-17-32)18-22(30)7-8-24-26-10-9-25(21-6-11-28(33)35-20-21)31(26,2)15-13-27(24)30/h6,10-11,20,22-25,27H,3-5,7-9,12-19H2,1-2H3/t22-,23+,24+,25-,27+,30+,31-/m1/s1. The lowest BCUT2D eigenvalue weighted by atomic mass is 9.46. The van der Waals surface area contributed by atoms with Crippen molar-refractivity contribution < 1.29 is 13.9 Å². The van der Waals surface area contributed by atoms with Crippen molar-refractivity contribution in [2.75, 3.05) is 19.6 Å². The minimum atomic E-state index is -0.266. The van der Waals surface area contributed by atoms with E-state index in [4.69, 9.17) is 9.15 Å². The van der Waals surface area contributed by atoms with Crippen molar-refractivity contribution in [2.24, 2.45) is 28.6 Å². The number of allylic oxidation sites excluding steroid dienone is 2. The van der Waals surface area contributed by atoms with Crippen LogP contribution in [0.2, 0.25) is 0 Å². The molecule has 7 atom stereocenters. The summed E-state index contributed by atoms with van der Waals surface area (Å²) in [6, 6.07) is 3.56. The highest BCUT2D eigenvalue weighted by atomic mass is 16.5. The van der Waals surface area contributed by atoms with Crippen molar-refractivity contribution in [1.29, 1.82) is 0 Å². The summed E-state index contributed by atoms with van der Waals surface area (Å²) in [7, 11) is 0. The maximum atomic E-state index is 12.7. The maximum absolute atomic E-state index is 12.7. The minimum absolute atomic E-state index is 0.00785. The van der Waals surface area contributed by atoms with Gasteiger partial charge in [0.1, 0.15) is 6.10 Å². The lowest BCUT2D eigenvalue weighted by molar-refractivity contribution is -0.159. The zero-order valence-electron chi connectivity index (χ0n) is 22.2. The second kappa shape index (κ2) is 9.45. The number of rotatable bonds is 4. The number of ether oxygens (including phenoxy) is 1. The molecule has 4 fully saturated rings. The van der Waals surface area contributed by atoms with Gasteiger partial charge < -0.3 is 9.15 Å². The lowest BCUT2D eigenvalue weighted by Gasteiger charge is -2.59. The maximum Gasteiger partial charge on any atom is 0.335 e. The van der Waals surface area contributed by atoms with Crippen LogP contribution < -0.4 is 5.63 Å². The first-order chi connectivity index (χ1) is 17.4. The van der Waals surface area contributed by atoms with E-state index in [1.165, 1.54) is 56.9 Å². The predicted molar refractivity (Wildman–Crippen MR) is 140 cm³/mol. The molecule has 0 amide bonds. The minimum Gasteiger partial charge on any atom is -0.461 e. The van der Waals surface area contributed by atoms with E-state index in [1.807, 2.05) is 6.07 Å². The molecule has 6 rings (SSSR count). The first kappa shape index (κ1) is 24.5. The molecule has 5 nitrogen and oxygen atoms in total. The molecule has 5 heteroatoms. The third-order valence-corrected chi connectivity index (χ3v) is 11.2. The van der Waals surface area contributed by atoms with Gasteiger partial charge in [0, 0.05) is 6.07 Å². The summed E-state index contributed by atoms with van der Waals surface area (Å²) in [5.74, 6) is 2.47. The number of fused-ring (bicyclic) bond motifs is 5. The molecule has 1 saturated heterocycles. The van der Waals surface area contributed by atoms with E-state index in [1.54, 1.807) is 17.9 Å². The number of carbonyl (C=O) groups is 1. The summed E-state index contributed by atoms with van der Waals surface area (Å²) < 4.78 is 11.3. The highest BCUT2D eigenvalue weighted by Gasteiger charge is 2.58. The third-order valence-electron chi connectivity index (χ3n) is 11.2. The number of carbonyl (C=O) groups excluding carboxylic acids is 1. The van der Waals surface area contributed by atoms with Gasteiger partial charge in [0.2, 0.25) is 0 Å². The molecule has 1 aromatic heterocycles. The second-order valence-electron chi connectivity index (χ2n) is 13.0. The molecule has 0 bridgehead atoms. The van der Waals surface area contributed by atoms with E-state index < -0.39 is 0 Å². The highest BCUT2D eigenvalue weighted by Crippen LogP contribution is 2.67. The molecule has 0 spiro atoms. The first-order valence-electron chi connectivity index (χ1n) is 14.6. The number of esters is 1. The average Bonchev–Trinajstić information content (AvgIpc) is 3.22. The Morgan fingerprint density at radius 1 is 1.08 bits per heavy atom. The van der Waals surface area contributed by atoms with Crippen LogP contribution >= 0.6 is 0 Å². The summed E-state index contributed by atoms with van der Waals surface area (Å²) in [5, 5.41) is 0. The molecule has 2 heterocycles. The molecule has 196 valence electrons. The fraction of sp³-hybridized carbons (Fsp3) is 0.742. The zero-order chi connectivity index (χ0) is 24.9. The van der Waals surface area contributed by atoms with Crippen molar-refractivity contribution in [3.8, 4) is 0 Å². The molecular formula is C31H43NO4. The fourth-order valence-corrected chi connectivity index (χ4v) is 9.25. The summed E-state index contributed by atoms with van der Waals surface area (Å²) in [6.07, 6.45) is 17.3. The Kier molecular flexibility index (Phi) is 6.42. The van der Waals surface area contributed by atoms with Gasteiger partial charge in [0.25, 0.3) is 0 Å². The van der Waals surface area contributed by atoms with Crippen LogP contribution in [-0.4, -0.2) is 36.6 Å². The van der Waals surface area contributed by atoms with Gasteiger partial charge in [0.15, 0.2) is 0 Å². The number of piperidine rings is 1. The number of likely N-dealkylation sites (tertiary alicyclic amines) is 1. The van der Waals surface area contributed by atoms with Crippen LogP contribution in [0, 0.1) is 28.6 Å². The largest absolute Gasteiger partial charge is 0.461 e. The van der Waals surface area contributed by atoms with Gasteiger partial charge in [-0.05, 0) is 123 Å². The Bertz CT molecular complexity index is 1050. The molecule has 0 unspecified atom stereocenters. The van der Waals surface area contributed by atoms with Crippen LogP contribution in [-0.2, 0) is 9.53 Å². The Labute approximate surface area is 215 Å². The number of hydrogen-bond donors (Lipinski definition) is 0. The molecule has 1 aliphatic heterocycles. The van der Waals surface area contributed by atoms with Gasteiger partial charge in [-0.3, -0.25) is 9.69 Å². The van der Waals surface area contributed by atoms with Crippen molar-refractivity contribution >= 4 is 5.97 Å². The van der Waals surface area contributed by atoms with Crippen LogP contribution in [0.5, 0.6) is 0 Å². The van der Waals surface area contributed by atoms with E-state index in [-0.39, 0.29) is 23.1 Å². The number of hydrogen-bond acceptors (Lipinski definition) is 5. The molecular weight excluding hydrogens is 450 g/mol. The van der Waals surface area contributed by atoms with Crippen LogP contribution in [0.25, 0.3) is 0 Å². The first-order valence-corrected chi connectivity index (χ1v) is 14.6. The molecule has 0 radical (unpaired) electrons. The van der Waals surface area contributed by atoms with Crippen molar-refractivity contribution in [1.82, 2.24) is 4.90 Å². The highest BCUT2D eigenvalue weighted by molar-refractivity contribution is 5.71. The zero-order valence-corrected chi connectivity index (χ0v) is 22.2. The van der Waals surface area contributed by atoms with E-state index in [0.717, 1.165) is 38.3 Å².